The molecule has 0 saturated carbocycles. The lowest BCUT2D eigenvalue weighted by Gasteiger charge is -2.50. The van der Waals surface area contributed by atoms with Gasteiger partial charge in [0, 0.05) is 20.8 Å². The summed E-state index contributed by atoms with van der Waals surface area (Å²) in [5, 5.41) is 85.1. The van der Waals surface area contributed by atoms with Gasteiger partial charge in [0.2, 0.25) is 35.9 Å². The minimum absolute atomic E-state index is 0.267. The van der Waals surface area contributed by atoms with Crippen LogP contribution < -0.4 is 32.7 Å². The molecule has 0 aromatic carbocycles. The van der Waals surface area contributed by atoms with Gasteiger partial charge in [-0.1, -0.05) is 0 Å². The second kappa shape index (κ2) is 19.3. The van der Waals surface area contributed by atoms with Gasteiger partial charge in [-0.3, -0.25) is 28.8 Å². The first-order valence-electron chi connectivity index (χ1n) is 17.6. The summed E-state index contributed by atoms with van der Waals surface area (Å²) < 4.78 is 39.8. The topological polar surface area (TPSA) is 409 Å². The van der Waals surface area contributed by atoms with E-state index in [4.69, 9.17) is 44.6 Å². The number of primary amides is 2. The molecule has 324 valence electrons. The molecule has 6 amide bonds. The zero-order chi connectivity index (χ0) is 42.6. The van der Waals surface area contributed by atoms with Gasteiger partial charge in [-0.25, -0.2) is 0 Å². The van der Waals surface area contributed by atoms with E-state index < -0.39 is 159 Å². The third kappa shape index (κ3) is 10.3. The van der Waals surface area contributed by atoms with Crippen molar-refractivity contribution in [1.82, 2.24) is 21.3 Å². The number of hydrogen-bond acceptors (Lipinski definition) is 20. The number of carbonyl (C=O) groups excluding carboxylic acids is 6. The fourth-order valence-electron chi connectivity index (χ4n) is 7.03. The second-order valence-corrected chi connectivity index (χ2v) is 13.9. The van der Waals surface area contributed by atoms with Crippen LogP contribution in [0.1, 0.15) is 27.7 Å². The molecule has 0 aromatic heterocycles. The van der Waals surface area contributed by atoms with Gasteiger partial charge in [0.05, 0.1) is 18.8 Å². The zero-order valence-electron chi connectivity index (χ0n) is 30.9. The standard InChI is InChI=1S/C31H50N6O20/c1-7-12(34-6-39)17(44)20(47)31(51-7)55-23-19(46)14(36-9(3)41)30(57-25(23)27(33)49)54-22-18(45)13(35-8(2)40)29(56-24(22)26(32)48)53-21-15(37-10(4)42)28(50)52-11(5-38)16(21)43/h6-7,11-25,28-31,38,43-47,50H,5H2,1-4H3,(H2,32,48)(H2,33,49)(H,34,39)(H,35,40)(H,36,41)(H,37,42)/t7-,11-,12-,13-,14-,15-,16-,17+,18-,19-,20-,21-,22-,23-,24+,25+,28+,29+,30+,31+/m1/s1. The van der Waals surface area contributed by atoms with E-state index in [-0.39, 0.29) is 6.41 Å². The molecular weight excluding hydrogens is 776 g/mol. The van der Waals surface area contributed by atoms with Crippen molar-refractivity contribution in [2.75, 3.05) is 6.61 Å². The number of carbonyl (C=O) groups is 6. The quantitative estimate of drug-likeness (QED) is 0.0723. The third-order valence-corrected chi connectivity index (χ3v) is 9.68. The fourth-order valence-corrected chi connectivity index (χ4v) is 7.03. The molecule has 26 nitrogen and oxygen atoms in total. The van der Waals surface area contributed by atoms with Gasteiger partial charge in [0.25, 0.3) is 0 Å². The summed E-state index contributed by atoms with van der Waals surface area (Å²) in [7, 11) is 0. The lowest BCUT2D eigenvalue weighted by atomic mass is 9.92. The summed E-state index contributed by atoms with van der Waals surface area (Å²) >= 11 is 0. The molecule has 4 rings (SSSR count). The number of rotatable bonds is 14. The van der Waals surface area contributed by atoms with Crippen LogP contribution >= 0.6 is 0 Å². The minimum atomic E-state index is -2.10. The molecule has 0 spiro atoms. The van der Waals surface area contributed by atoms with Crippen LogP contribution in [0.2, 0.25) is 0 Å². The Hall–Kier alpha value is -3.74. The van der Waals surface area contributed by atoms with Crippen molar-refractivity contribution in [3.63, 3.8) is 0 Å². The fraction of sp³-hybridized carbons (Fsp3) is 0.806. The molecule has 4 aliphatic rings. The van der Waals surface area contributed by atoms with E-state index in [1.54, 1.807) is 0 Å². The van der Waals surface area contributed by atoms with Gasteiger partial charge in [-0.2, -0.15) is 0 Å². The molecule has 4 fully saturated rings. The van der Waals surface area contributed by atoms with Crippen molar-refractivity contribution in [2.24, 2.45) is 11.5 Å². The maximum absolute atomic E-state index is 12.9. The summed E-state index contributed by atoms with van der Waals surface area (Å²) in [6, 6.07) is -6.14. The van der Waals surface area contributed by atoms with Gasteiger partial charge < -0.3 is 102 Å². The number of nitrogens with two attached hydrogens (primary N) is 2. The number of amides is 6. The first-order chi connectivity index (χ1) is 26.7. The Labute approximate surface area is 323 Å². The van der Waals surface area contributed by atoms with Crippen LogP contribution in [0.5, 0.6) is 0 Å². The van der Waals surface area contributed by atoms with Gasteiger partial charge >= 0.3 is 0 Å². The highest BCUT2D eigenvalue weighted by Crippen LogP contribution is 2.34. The highest BCUT2D eigenvalue weighted by atomic mass is 16.8. The Bertz CT molecular complexity index is 1460. The first kappa shape index (κ1) is 46.0. The van der Waals surface area contributed by atoms with Gasteiger partial charge in [0.1, 0.15) is 73.1 Å². The lowest BCUT2D eigenvalue weighted by molar-refractivity contribution is -0.352. The zero-order valence-corrected chi connectivity index (χ0v) is 30.9. The van der Waals surface area contributed by atoms with Crippen LogP contribution in [0.4, 0.5) is 0 Å². The van der Waals surface area contributed by atoms with E-state index >= 15 is 0 Å². The van der Waals surface area contributed by atoms with E-state index in [9.17, 15) is 64.5 Å². The van der Waals surface area contributed by atoms with Crippen LogP contribution in [0, 0.1) is 0 Å². The normalized spacial score (nSPS) is 43.6. The number of hydrogen-bond donors (Lipinski definition) is 13. The van der Waals surface area contributed by atoms with Crippen LogP contribution in [0.25, 0.3) is 0 Å². The maximum atomic E-state index is 12.9. The Balaban J connectivity index is 1.65. The van der Waals surface area contributed by atoms with E-state index in [1.165, 1.54) is 6.92 Å². The van der Waals surface area contributed by atoms with Crippen LogP contribution in [-0.4, -0.2) is 201 Å². The molecule has 15 N–H and O–H groups in total. The SMILES string of the molecule is CC(=O)N[C@@H]1[C@@H](O[C@H]2O[C@H](C(N)=O)[C@H](O[C@H]3O[C@H](C(N)=O)[C@H](O[C@@H]4O[C@H](C)[C@@H](NC=O)[C@H](O)[C@H]4O)[C@H](O)[C@H]3NC(C)=O)[C@H](O)[C@H]2NC(C)=O)[C@H](O)[C@@H](CO)O[C@@H]1O. The highest BCUT2D eigenvalue weighted by molar-refractivity contribution is 5.81. The molecule has 4 aliphatic heterocycles. The largest absolute Gasteiger partial charge is 0.394 e. The van der Waals surface area contributed by atoms with Crippen molar-refractivity contribution in [1.29, 1.82) is 0 Å². The van der Waals surface area contributed by atoms with E-state index in [2.05, 4.69) is 21.3 Å². The summed E-state index contributed by atoms with van der Waals surface area (Å²) in [5.41, 5.74) is 11.2. The molecule has 57 heavy (non-hydrogen) atoms. The van der Waals surface area contributed by atoms with Crippen LogP contribution in [0.15, 0.2) is 0 Å². The molecule has 0 bridgehead atoms. The lowest BCUT2D eigenvalue weighted by Crippen LogP contribution is -2.72. The third-order valence-electron chi connectivity index (χ3n) is 9.68. The summed E-state index contributed by atoms with van der Waals surface area (Å²) in [6.07, 6.45) is -29.0. The molecule has 26 heteroatoms. The smallest absolute Gasteiger partial charge is 0.249 e. The van der Waals surface area contributed by atoms with Crippen molar-refractivity contribution >= 4 is 35.9 Å². The van der Waals surface area contributed by atoms with Gasteiger partial charge in [-0.05, 0) is 6.92 Å². The Morgan fingerprint density at radius 3 is 1.46 bits per heavy atom. The Morgan fingerprint density at radius 2 is 1.04 bits per heavy atom. The Kier molecular flexibility index (Phi) is 15.6. The number of ether oxygens (including phenoxy) is 7. The molecule has 20 atom stereocenters. The number of aliphatic hydroxyl groups is 7. The van der Waals surface area contributed by atoms with E-state index in [0.717, 1.165) is 20.8 Å². The van der Waals surface area contributed by atoms with E-state index in [1.807, 2.05) is 0 Å². The monoisotopic (exact) mass is 826 g/mol. The predicted octanol–water partition coefficient (Wildman–Crippen LogP) is -9.55. The average molecular weight is 827 g/mol. The number of nitrogens with one attached hydrogen (secondary N) is 4. The molecule has 4 heterocycles. The summed E-state index contributed by atoms with van der Waals surface area (Å²) in [5.74, 6) is -5.01. The molecule has 4 saturated heterocycles. The van der Waals surface area contributed by atoms with Crippen LogP contribution in [-0.2, 0) is 61.9 Å². The van der Waals surface area contributed by atoms with Crippen molar-refractivity contribution < 1.29 is 97.7 Å². The van der Waals surface area contributed by atoms with Crippen molar-refractivity contribution in [3.8, 4) is 0 Å². The van der Waals surface area contributed by atoms with Crippen LogP contribution in [0.3, 0.4) is 0 Å². The molecule has 0 radical (unpaired) electrons. The average Bonchev–Trinajstić information content (AvgIpc) is 3.12. The highest BCUT2D eigenvalue weighted by Gasteiger charge is 2.57. The first-order valence-corrected chi connectivity index (χ1v) is 17.6. The van der Waals surface area contributed by atoms with E-state index in [0.29, 0.717) is 0 Å². The van der Waals surface area contributed by atoms with Crippen molar-refractivity contribution in [3.05, 3.63) is 0 Å². The molecule has 0 unspecified atom stereocenters. The Morgan fingerprint density at radius 1 is 0.596 bits per heavy atom. The predicted molar refractivity (Wildman–Crippen MR) is 178 cm³/mol. The maximum Gasteiger partial charge on any atom is 0.249 e. The minimum Gasteiger partial charge on any atom is -0.394 e. The molecule has 0 aliphatic carbocycles. The number of aliphatic hydroxyl groups excluding tert-OH is 7. The second-order valence-electron chi connectivity index (χ2n) is 13.9. The molecular formula is C31H50N6O20. The van der Waals surface area contributed by atoms with Gasteiger partial charge in [-0.15, -0.1) is 0 Å². The summed E-state index contributed by atoms with van der Waals surface area (Å²) in [6.45, 7) is 3.67. The molecule has 0 aromatic rings. The van der Waals surface area contributed by atoms with Crippen molar-refractivity contribution in [2.45, 2.75) is 150 Å². The van der Waals surface area contributed by atoms with Gasteiger partial charge in [0.15, 0.2) is 37.4 Å². The summed E-state index contributed by atoms with van der Waals surface area (Å²) in [4.78, 5) is 73.4.